The second-order valence-electron chi connectivity index (χ2n) is 6.14. The number of carboxylic acid groups (broad SMARTS) is 2. The first-order valence-corrected chi connectivity index (χ1v) is 8.52. The van der Waals surface area contributed by atoms with Crippen LogP contribution in [0.15, 0.2) is 11.5 Å². The molecule has 1 aromatic rings. The van der Waals surface area contributed by atoms with Gasteiger partial charge in [0.2, 0.25) is 5.91 Å². The fraction of sp³-hybridized carbons (Fsp3) is 0.615. The van der Waals surface area contributed by atoms with E-state index in [1.165, 1.54) is 25.0 Å². The van der Waals surface area contributed by atoms with Crippen LogP contribution in [0.4, 0.5) is 9.59 Å². The van der Waals surface area contributed by atoms with Crippen molar-refractivity contribution in [1.29, 1.82) is 0 Å². The number of fused-ring (bicyclic) bond motifs is 1. The molecule has 3 rings (SSSR count). The highest BCUT2D eigenvalue weighted by atomic mass is 32.2. The molecule has 0 radical (unpaired) electrons. The summed E-state index contributed by atoms with van der Waals surface area (Å²) >= 11 is 1.25. The number of nitrogens with zero attached hydrogens (tertiary/aromatic N) is 2. The maximum absolute atomic E-state index is 12.1. The molecule has 13 heteroatoms. The summed E-state index contributed by atoms with van der Waals surface area (Å²) in [4.78, 5) is 38.3. The molecule has 0 aliphatic heterocycles. The highest BCUT2D eigenvalue weighted by molar-refractivity contribution is 7.99. The van der Waals surface area contributed by atoms with Gasteiger partial charge in [-0.15, -0.1) is 0 Å². The molecule has 0 spiro atoms. The number of carbonyl (C=O) groups excluding carboxylic acids is 1. The van der Waals surface area contributed by atoms with Crippen LogP contribution < -0.4 is 11.1 Å². The monoisotopic (exact) mass is 387 g/mol. The average molecular weight is 387 g/mol. The number of ether oxygens (including phenoxy) is 2. The predicted molar refractivity (Wildman–Crippen MR) is 84.2 cm³/mol. The zero-order chi connectivity index (χ0) is 19.1. The quantitative estimate of drug-likeness (QED) is 0.322. The summed E-state index contributed by atoms with van der Waals surface area (Å²) in [6, 6.07) is -0.902. The smallest absolute Gasteiger partial charge is 0.450 e. The molecular weight excluding hydrogens is 370 g/mol. The third kappa shape index (κ3) is 3.39. The predicted octanol–water partition coefficient (Wildman–Crippen LogP) is -0.167. The molecule has 142 valence electrons. The summed E-state index contributed by atoms with van der Waals surface area (Å²) in [6.07, 6.45) is -2.48. The lowest BCUT2D eigenvalue weighted by Crippen LogP contribution is -2.57. The molecule has 2 fully saturated rings. The zero-order valence-corrected chi connectivity index (χ0v) is 14.3. The topological polar surface area (TPSA) is 190 Å². The third-order valence-electron chi connectivity index (χ3n) is 4.39. The number of nitrogens with two attached hydrogens (primary N) is 1. The normalized spacial score (nSPS) is 33.0. The number of H-pyrrole nitrogens is 1. The van der Waals surface area contributed by atoms with E-state index in [-0.39, 0.29) is 17.6 Å². The van der Waals surface area contributed by atoms with Crippen molar-refractivity contribution in [2.45, 2.75) is 41.6 Å². The van der Waals surface area contributed by atoms with Gasteiger partial charge in [-0.05, 0) is 6.92 Å². The first kappa shape index (κ1) is 18.3. The van der Waals surface area contributed by atoms with Crippen molar-refractivity contribution in [2.75, 3.05) is 0 Å². The van der Waals surface area contributed by atoms with Crippen LogP contribution in [0.1, 0.15) is 13.3 Å². The summed E-state index contributed by atoms with van der Waals surface area (Å²) in [5, 5.41) is 27.1. The molecule has 1 aromatic heterocycles. The molecular formula is C13H17N5O7S. The number of aromatic amines is 1. The van der Waals surface area contributed by atoms with Crippen LogP contribution in [0.25, 0.3) is 0 Å². The Bertz CT molecular complexity index is 714. The summed E-state index contributed by atoms with van der Waals surface area (Å²) in [7, 11) is 0. The van der Waals surface area contributed by atoms with Crippen molar-refractivity contribution in [3.05, 3.63) is 6.33 Å². The van der Waals surface area contributed by atoms with Crippen LogP contribution in [-0.4, -0.2) is 66.7 Å². The number of hydrogen-bond acceptors (Lipinski definition) is 9. The molecule has 1 amide bonds. The third-order valence-corrected chi connectivity index (χ3v) is 5.59. The van der Waals surface area contributed by atoms with Gasteiger partial charge in [0.15, 0.2) is 10.9 Å². The lowest BCUT2D eigenvalue weighted by molar-refractivity contribution is -0.133. The van der Waals surface area contributed by atoms with Gasteiger partial charge in [0, 0.05) is 17.6 Å². The van der Waals surface area contributed by atoms with Gasteiger partial charge in [-0.2, -0.15) is 5.10 Å². The molecule has 6 atom stereocenters. The van der Waals surface area contributed by atoms with E-state index in [0.29, 0.717) is 5.16 Å². The number of carbonyl (C=O) groups is 3. The van der Waals surface area contributed by atoms with E-state index < -0.39 is 42.0 Å². The van der Waals surface area contributed by atoms with Crippen LogP contribution in [0, 0.1) is 11.8 Å². The van der Waals surface area contributed by atoms with Crippen molar-refractivity contribution in [2.24, 2.45) is 17.6 Å². The minimum absolute atomic E-state index is 0.109. The van der Waals surface area contributed by atoms with Crippen LogP contribution in [-0.2, 0) is 14.3 Å². The van der Waals surface area contributed by atoms with Gasteiger partial charge in [0.1, 0.15) is 12.4 Å². The molecule has 6 N–H and O–H groups in total. The van der Waals surface area contributed by atoms with E-state index in [1.807, 2.05) is 0 Å². The minimum Gasteiger partial charge on any atom is -0.450 e. The number of amides is 1. The average Bonchev–Trinajstić information content (AvgIpc) is 2.87. The van der Waals surface area contributed by atoms with E-state index in [1.54, 1.807) is 0 Å². The summed E-state index contributed by atoms with van der Waals surface area (Å²) in [5.41, 5.74) is 3.93. The van der Waals surface area contributed by atoms with Gasteiger partial charge in [0.25, 0.3) is 0 Å². The van der Waals surface area contributed by atoms with Crippen molar-refractivity contribution < 1.29 is 34.1 Å². The highest BCUT2D eigenvalue weighted by Gasteiger charge is 2.75. The van der Waals surface area contributed by atoms with Gasteiger partial charge in [-0.3, -0.25) is 9.89 Å². The van der Waals surface area contributed by atoms with E-state index in [4.69, 9.17) is 25.4 Å². The van der Waals surface area contributed by atoms with Gasteiger partial charge in [0.05, 0.1) is 12.0 Å². The first-order chi connectivity index (χ1) is 12.2. The van der Waals surface area contributed by atoms with Gasteiger partial charge >= 0.3 is 12.3 Å². The summed E-state index contributed by atoms with van der Waals surface area (Å²) in [6.45, 7) is 1.44. The van der Waals surface area contributed by atoms with Gasteiger partial charge < -0.3 is 30.7 Å². The van der Waals surface area contributed by atoms with Crippen LogP contribution in [0.3, 0.4) is 0 Å². The van der Waals surface area contributed by atoms with Crippen LogP contribution in [0.2, 0.25) is 0 Å². The van der Waals surface area contributed by atoms with Crippen molar-refractivity contribution in [1.82, 2.24) is 20.5 Å². The zero-order valence-electron chi connectivity index (χ0n) is 13.5. The van der Waals surface area contributed by atoms with E-state index in [9.17, 15) is 14.4 Å². The molecule has 0 aromatic carbocycles. The Morgan fingerprint density at radius 3 is 2.73 bits per heavy atom. The largest absolute Gasteiger partial charge is 0.507 e. The maximum Gasteiger partial charge on any atom is 0.507 e. The van der Waals surface area contributed by atoms with Crippen LogP contribution >= 0.6 is 11.8 Å². The molecule has 2 aliphatic carbocycles. The Hall–Kier alpha value is -2.54. The van der Waals surface area contributed by atoms with E-state index in [0.717, 1.165) is 0 Å². The molecule has 0 unspecified atom stereocenters. The molecule has 2 aliphatic rings. The van der Waals surface area contributed by atoms with Crippen LogP contribution in [0.5, 0.6) is 0 Å². The Balaban J connectivity index is 1.87. The Morgan fingerprint density at radius 1 is 1.46 bits per heavy atom. The number of hydrogen-bond donors (Lipinski definition) is 5. The fourth-order valence-electron chi connectivity index (χ4n) is 3.43. The molecule has 1 heterocycles. The standard InChI is InChI=1S/C13H17N5O7S/c1-4(14)9(19)17-13(25-12(22)23)2-5(26-10-15-3-16-18-10)6-7(13)8(6)24-11(20)21/h3-8H,2,14H2,1H3,(H,17,19)(H,20,21)(H,22,23)(H,15,16,18)/t4-,5+,6+,7+,8-,13-/m0/s1. The number of aromatic nitrogens is 3. The Labute approximate surface area is 150 Å². The maximum atomic E-state index is 12.1. The minimum atomic E-state index is -1.63. The van der Waals surface area contributed by atoms with E-state index in [2.05, 4.69) is 20.5 Å². The Morgan fingerprint density at radius 2 is 2.19 bits per heavy atom. The molecule has 0 saturated heterocycles. The fourth-order valence-corrected chi connectivity index (χ4v) is 4.74. The molecule has 12 nitrogen and oxygen atoms in total. The van der Waals surface area contributed by atoms with Crippen molar-refractivity contribution in [3.63, 3.8) is 0 Å². The molecule has 2 saturated carbocycles. The SMILES string of the molecule is C[C@H](N)C(=O)N[C@]1(OC(=O)O)C[C@@H](Sc2ncn[nH]2)[C@H]2[C@H](OC(=O)O)[C@@H]21. The van der Waals surface area contributed by atoms with E-state index >= 15 is 0 Å². The lowest BCUT2D eigenvalue weighted by Gasteiger charge is -2.33. The molecule has 0 bridgehead atoms. The summed E-state index contributed by atoms with van der Waals surface area (Å²) in [5.74, 6) is -1.62. The Kier molecular flexibility index (Phi) is 4.66. The summed E-state index contributed by atoms with van der Waals surface area (Å²) < 4.78 is 9.89. The lowest BCUT2D eigenvalue weighted by atomic mass is 10.1. The van der Waals surface area contributed by atoms with Gasteiger partial charge in [-0.1, -0.05) is 11.8 Å². The molecule has 26 heavy (non-hydrogen) atoms. The highest BCUT2D eigenvalue weighted by Crippen LogP contribution is 2.63. The second kappa shape index (κ2) is 6.64. The number of rotatable bonds is 6. The number of thioether (sulfide) groups is 1. The number of nitrogens with one attached hydrogen (secondary N) is 2. The second-order valence-corrected chi connectivity index (χ2v) is 7.37. The van der Waals surface area contributed by atoms with Crippen molar-refractivity contribution in [3.8, 4) is 0 Å². The van der Waals surface area contributed by atoms with Crippen molar-refractivity contribution >= 4 is 30.0 Å². The first-order valence-electron chi connectivity index (χ1n) is 7.64. The van der Waals surface area contributed by atoms with Gasteiger partial charge in [-0.25, -0.2) is 14.6 Å².